The number of nitrogens with zero attached hydrogens (tertiary/aromatic N) is 2. The highest BCUT2D eigenvalue weighted by molar-refractivity contribution is 7.17. The highest BCUT2D eigenvalue weighted by Crippen LogP contribution is 2.36. The molecule has 8 nitrogen and oxygen atoms in total. The maximum Gasteiger partial charge on any atom is 0.263 e. The van der Waals surface area contributed by atoms with Crippen LogP contribution in [0.2, 0.25) is 0 Å². The standard InChI is InChI=1S/C24H23N3O5S/c1-14(22(28)26-17-7-5-6-8-18(17)30-2)27-13-25-23-21(24(27)29)16(12-33-23)15-9-10-19(31-3)20(11-15)32-4/h5-14H,1-4H3,(H,26,28). The summed E-state index contributed by atoms with van der Waals surface area (Å²) in [4.78, 5) is 31.4. The second-order valence-electron chi connectivity index (χ2n) is 7.22. The Hall–Kier alpha value is -3.85. The van der Waals surface area contributed by atoms with Gasteiger partial charge in [-0.3, -0.25) is 14.2 Å². The molecule has 4 aromatic rings. The predicted molar refractivity (Wildman–Crippen MR) is 129 cm³/mol. The molecule has 0 spiro atoms. The zero-order valence-electron chi connectivity index (χ0n) is 18.6. The van der Waals surface area contributed by atoms with E-state index >= 15 is 0 Å². The fourth-order valence-corrected chi connectivity index (χ4v) is 4.46. The molecule has 0 fully saturated rings. The lowest BCUT2D eigenvalue weighted by Crippen LogP contribution is -2.31. The minimum Gasteiger partial charge on any atom is -0.495 e. The van der Waals surface area contributed by atoms with Crippen molar-refractivity contribution in [1.29, 1.82) is 0 Å². The van der Waals surface area contributed by atoms with Gasteiger partial charge in [-0.15, -0.1) is 11.3 Å². The van der Waals surface area contributed by atoms with Crippen LogP contribution >= 0.6 is 11.3 Å². The van der Waals surface area contributed by atoms with Gasteiger partial charge in [0.15, 0.2) is 11.5 Å². The molecule has 1 N–H and O–H groups in total. The van der Waals surface area contributed by atoms with Crippen molar-refractivity contribution in [3.63, 3.8) is 0 Å². The fraction of sp³-hybridized carbons (Fsp3) is 0.208. The van der Waals surface area contributed by atoms with Crippen LogP contribution in [0.15, 0.2) is 59.0 Å². The first-order valence-electron chi connectivity index (χ1n) is 10.1. The number of ether oxygens (including phenoxy) is 3. The SMILES string of the molecule is COc1ccccc1NC(=O)C(C)n1cnc2scc(-c3ccc(OC)c(OC)c3)c2c1=O. The van der Waals surface area contributed by atoms with Gasteiger partial charge in [-0.1, -0.05) is 18.2 Å². The number of benzene rings is 2. The minimum atomic E-state index is -0.794. The number of aromatic nitrogens is 2. The van der Waals surface area contributed by atoms with Gasteiger partial charge in [-0.05, 0) is 36.8 Å². The normalized spacial score (nSPS) is 11.8. The predicted octanol–water partition coefficient (Wildman–Crippen LogP) is 4.35. The Morgan fingerprint density at radius 3 is 2.48 bits per heavy atom. The van der Waals surface area contributed by atoms with Crippen molar-refractivity contribution in [1.82, 2.24) is 9.55 Å². The number of nitrogens with one attached hydrogen (secondary N) is 1. The van der Waals surface area contributed by atoms with Crippen LogP contribution in [-0.4, -0.2) is 36.8 Å². The van der Waals surface area contributed by atoms with Crippen LogP contribution in [0.25, 0.3) is 21.3 Å². The Kier molecular flexibility index (Phi) is 6.32. The number of anilines is 1. The zero-order valence-corrected chi connectivity index (χ0v) is 19.4. The third kappa shape index (κ3) is 4.14. The van der Waals surface area contributed by atoms with Crippen molar-refractivity contribution in [3.8, 4) is 28.4 Å². The van der Waals surface area contributed by atoms with E-state index in [1.54, 1.807) is 45.4 Å². The molecule has 0 aliphatic heterocycles. The molecule has 4 rings (SSSR count). The minimum absolute atomic E-state index is 0.297. The van der Waals surface area contributed by atoms with Gasteiger partial charge in [-0.2, -0.15) is 0 Å². The highest BCUT2D eigenvalue weighted by Gasteiger charge is 2.21. The van der Waals surface area contributed by atoms with Crippen LogP contribution in [0, 0.1) is 0 Å². The summed E-state index contributed by atoms with van der Waals surface area (Å²) in [6.45, 7) is 1.65. The van der Waals surface area contributed by atoms with Crippen molar-refractivity contribution in [2.75, 3.05) is 26.6 Å². The number of amides is 1. The molecule has 0 saturated heterocycles. The quantitative estimate of drug-likeness (QED) is 0.436. The van der Waals surface area contributed by atoms with Crippen molar-refractivity contribution in [3.05, 3.63) is 64.5 Å². The van der Waals surface area contributed by atoms with Crippen LogP contribution in [0.3, 0.4) is 0 Å². The van der Waals surface area contributed by atoms with E-state index in [0.29, 0.717) is 33.2 Å². The van der Waals surface area contributed by atoms with Gasteiger partial charge in [0.05, 0.1) is 38.7 Å². The van der Waals surface area contributed by atoms with E-state index < -0.39 is 6.04 Å². The van der Waals surface area contributed by atoms with Gasteiger partial charge >= 0.3 is 0 Å². The van der Waals surface area contributed by atoms with Crippen molar-refractivity contribution in [2.24, 2.45) is 0 Å². The molecule has 170 valence electrons. The Morgan fingerprint density at radius 1 is 1.03 bits per heavy atom. The van der Waals surface area contributed by atoms with Crippen molar-refractivity contribution < 1.29 is 19.0 Å². The van der Waals surface area contributed by atoms with Gasteiger partial charge in [0, 0.05) is 10.9 Å². The second-order valence-corrected chi connectivity index (χ2v) is 8.08. The maximum atomic E-state index is 13.5. The van der Waals surface area contributed by atoms with E-state index in [1.807, 2.05) is 23.6 Å². The molecular weight excluding hydrogens is 442 g/mol. The molecule has 1 unspecified atom stereocenters. The van der Waals surface area contributed by atoms with Gasteiger partial charge < -0.3 is 19.5 Å². The average molecular weight is 466 g/mol. The summed E-state index contributed by atoms with van der Waals surface area (Å²) in [6.07, 6.45) is 1.41. The van der Waals surface area contributed by atoms with Crippen molar-refractivity contribution >= 4 is 33.1 Å². The van der Waals surface area contributed by atoms with Crippen molar-refractivity contribution in [2.45, 2.75) is 13.0 Å². The number of carbonyl (C=O) groups excluding carboxylic acids is 1. The topological polar surface area (TPSA) is 91.7 Å². The molecule has 1 atom stereocenters. The molecule has 2 heterocycles. The van der Waals surface area contributed by atoms with E-state index in [9.17, 15) is 9.59 Å². The van der Waals surface area contributed by atoms with Gasteiger partial charge in [0.25, 0.3) is 5.56 Å². The van der Waals surface area contributed by atoms with E-state index in [0.717, 1.165) is 11.1 Å². The third-order valence-electron chi connectivity index (χ3n) is 5.38. The molecule has 9 heteroatoms. The number of hydrogen-bond acceptors (Lipinski definition) is 7. The largest absolute Gasteiger partial charge is 0.495 e. The Balaban J connectivity index is 1.72. The molecule has 1 amide bonds. The number of hydrogen-bond donors (Lipinski definition) is 1. The molecule has 0 aliphatic rings. The summed E-state index contributed by atoms with van der Waals surface area (Å²) in [5.74, 6) is 1.33. The molecule has 33 heavy (non-hydrogen) atoms. The molecular formula is C24H23N3O5S. The summed E-state index contributed by atoms with van der Waals surface area (Å²) < 4.78 is 17.3. The second kappa shape index (κ2) is 9.33. The molecule has 0 radical (unpaired) electrons. The number of para-hydroxylation sites is 2. The van der Waals surface area contributed by atoms with Gasteiger partial charge in [0.1, 0.15) is 16.6 Å². The van der Waals surface area contributed by atoms with Crippen LogP contribution in [-0.2, 0) is 4.79 Å². The van der Waals surface area contributed by atoms with E-state index in [4.69, 9.17) is 14.2 Å². The lowest BCUT2D eigenvalue weighted by molar-refractivity contribution is -0.118. The number of fused-ring (bicyclic) bond motifs is 1. The summed E-state index contributed by atoms with van der Waals surface area (Å²) in [6, 6.07) is 11.8. The maximum absolute atomic E-state index is 13.5. The summed E-state index contributed by atoms with van der Waals surface area (Å²) in [7, 11) is 4.66. The molecule has 2 aromatic heterocycles. The van der Waals surface area contributed by atoms with Gasteiger partial charge in [-0.25, -0.2) is 4.98 Å². The van der Waals surface area contributed by atoms with Crippen LogP contribution < -0.4 is 25.1 Å². The zero-order chi connectivity index (χ0) is 23.5. The molecule has 0 bridgehead atoms. The lowest BCUT2D eigenvalue weighted by Gasteiger charge is -2.16. The Bertz CT molecular complexity index is 1380. The molecule has 2 aromatic carbocycles. The first kappa shape index (κ1) is 22.3. The number of rotatable bonds is 7. The third-order valence-corrected chi connectivity index (χ3v) is 6.26. The highest BCUT2D eigenvalue weighted by atomic mass is 32.1. The Morgan fingerprint density at radius 2 is 1.76 bits per heavy atom. The van der Waals surface area contributed by atoms with Crippen LogP contribution in [0.5, 0.6) is 17.2 Å². The first-order valence-corrected chi connectivity index (χ1v) is 11.0. The molecule has 0 saturated carbocycles. The van der Waals surface area contributed by atoms with Crippen LogP contribution in [0.4, 0.5) is 5.69 Å². The molecule has 0 aliphatic carbocycles. The smallest absolute Gasteiger partial charge is 0.263 e. The number of carbonyl (C=O) groups is 1. The van der Waals surface area contributed by atoms with E-state index in [-0.39, 0.29) is 11.5 Å². The monoisotopic (exact) mass is 465 g/mol. The average Bonchev–Trinajstić information content (AvgIpc) is 3.28. The fourth-order valence-electron chi connectivity index (χ4n) is 3.55. The first-order chi connectivity index (χ1) is 16.0. The Labute approximate surface area is 194 Å². The van der Waals surface area contributed by atoms with Gasteiger partial charge in [0.2, 0.25) is 5.91 Å². The van der Waals surface area contributed by atoms with Crippen LogP contribution in [0.1, 0.15) is 13.0 Å². The van der Waals surface area contributed by atoms with E-state index in [2.05, 4.69) is 10.3 Å². The summed E-state index contributed by atoms with van der Waals surface area (Å²) in [5, 5.41) is 5.15. The number of methoxy groups -OCH3 is 3. The summed E-state index contributed by atoms with van der Waals surface area (Å²) >= 11 is 1.37. The number of thiophene rings is 1. The lowest BCUT2D eigenvalue weighted by atomic mass is 10.1. The van der Waals surface area contributed by atoms with E-state index in [1.165, 1.54) is 29.3 Å². The summed E-state index contributed by atoms with van der Waals surface area (Å²) in [5.41, 5.74) is 1.75.